The van der Waals surface area contributed by atoms with Gasteiger partial charge in [0.25, 0.3) is 0 Å². The number of hydrogen-bond donors (Lipinski definition) is 0. The van der Waals surface area contributed by atoms with Crippen molar-refractivity contribution in [3.05, 3.63) is 34.9 Å². The zero-order chi connectivity index (χ0) is 16.4. The van der Waals surface area contributed by atoms with E-state index in [0.717, 1.165) is 49.7 Å². The molecule has 4 nitrogen and oxygen atoms in total. The molecule has 0 bridgehead atoms. The minimum atomic E-state index is 0.0474. The fourth-order valence-corrected chi connectivity index (χ4v) is 3.74. The highest BCUT2D eigenvalue weighted by Gasteiger charge is 2.41. The predicted molar refractivity (Wildman–Crippen MR) is 91.6 cm³/mol. The molecule has 0 unspecified atom stereocenters. The van der Waals surface area contributed by atoms with Gasteiger partial charge < -0.3 is 9.64 Å². The van der Waals surface area contributed by atoms with Crippen molar-refractivity contribution in [3.8, 4) is 0 Å². The summed E-state index contributed by atoms with van der Waals surface area (Å²) in [7, 11) is 1.88. The van der Waals surface area contributed by atoms with Crippen molar-refractivity contribution in [1.29, 1.82) is 0 Å². The molecule has 2 saturated heterocycles. The van der Waals surface area contributed by atoms with E-state index in [-0.39, 0.29) is 11.9 Å². The Balaban J connectivity index is 1.56. The molecule has 2 atom stereocenters. The second-order valence-electron chi connectivity index (χ2n) is 7.00. The van der Waals surface area contributed by atoms with Crippen LogP contribution in [-0.2, 0) is 9.53 Å². The second-order valence-corrected chi connectivity index (χ2v) is 7.43. The summed E-state index contributed by atoms with van der Waals surface area (Å²) in [5.41, 5.74) is 1.41. The van der Waals surface area contributed by atoms with Gasteiger partial charge in [-0.3, -0.25) is 9.69 Å². The summed E-state index contributed by atoms with van der Waals surface area (Å²) >= 11 is 5.93. The van der Waals surface area contributed by atoms with E-state index in [0.29, 0.717) is 12.0 Å². The Kier molecular flexibility index (Phi) is 4.95. The van der Waals surface area contributed by atoms with Crippen molar-refractivity contribution in [2.45, 2.75) is 25.8 Å². The molecule has 2 fully saturated rings. The maximum atomic E-state index is 12.6. The fraction of sp³-hybridized carbons (Fsp3) is 0.611. The number of hydrogen-bond acceptors (Lipinski definition) is 3. The number of likely N-dealkylation sites (tertiary alicyclic amines) is 1. The molecule has 2 aliphatic heterocycles. The highest BCUT2D eigenvalue weighted by atomic mass is 35.5. The van der Waals surface area contributed by atoms with Crippen LogP contribution in [0.2, 0.25) is 5.02 Å². The van der Waals surface area contributed by atoms with Crippen LogP contribution in [0.25, 0.3) is 0 Å². The van der Waals surface area contributed by atoms with Gasteiger partial charge >= 0.3 is 0 Å². The molecule has 1 spiro atoms. The van der Waals surface area contributed by atoms with E-state index in [1.54, 1.807) is 0 Å². The standard InChI is InChI=1S/C18H25ClN2O2/c1-14(15-3-5-16(19)6-4-15)20(2)17(22)11-21-9-7-18(12-21)8-10-23-13-18/h3-6,14H,7-13H2,1-2H3/t14-,18+/m0/s1. The number of carbonyl (C=O) groups is 1. The van der Waals surface area contributed by atoms with Crippen LogP contribution in [0.1, 0.15) is 31.4 Å². The quantitative estimate of drug-likeness (QED) is 0.847. The SMILES string of the molecule is C[C@@H](c1ccc(Cl)cc1)N(C)C(=O)CN1CC[C@@]2(CCOC2)C1. The maximum Gasteiger partial charge on any atom is 0.236 e. The highest BCUT2D eigenvalue weighted by molar-refractivity contribution is 6.30. The second kappa shape index (κ2) is 6.80. The first-order valence-electron chi connectivity index (χ1n) is 8.30. The van der Waals surface area contributed by atoms with Crippen LogP contribution in [-0.4, -0.2) is 55.6 Å². The smallest absolute Gasteiger partial charge is 0.236 e. The van der Waals surface area contributed by atoms with Crippen molar-refractivity contribution in [2.24, 2.45) is 5.41 Å². The molecular weight excluding hydrogens is 312 g/mol. The molecular formula is C18H25ClN2O2. The lowest BCUT2D eigenvalue weighted by atomic mass is 9.87. The van der Waals surface area contributed by atoms with Gasteiger partial charge in [-0.25, -0.2) is 0 Å². The average Bonchev–Trinajstić information content (AvgIpc) is 3.17. The number of rotatable bonds is 4. The number of nitrogens with zero attached hydrogens (tertiary/aromatic N) is 2. The molecule has 0 aliphatic carbocycles. The summed E-state index contributed by atoms with van der Waals surface area (Å²) in [6.45, 7) is 6.26. The monoisotopic (exact) mass is 336 g/mol. The van der Waals surface area contributed by atoms with E-state index >= 15 is 0 Å². The van der Waals surface area contributed by atoms with Crippen molar-refractivity contribution >= 4 is 17.5 Å². The van der Waals surface area contributed by atoms with Gasteiger partial charge in [-0.2, -0.15) is 0 Å². The van der Waals surface area contributed by atoms with E-state index in [1.165, 1.54) is 0 Å². The number of likely N-dealkylation sites (N-methyl/N-ethyl adjacent to an activating group) is 1. The number of halogens is 1. The molecule has 1 amide bonds. The number of benzene rings is 1. The molecule has 2 heterocycles. The van der Waals surface area contributed by atoms with E-state index in [4.69, 9.17) is 16.3 Å². The van der Waals surface area contributed by atoms with Crippen molar-refractivity contribution in [2.75, 3.05) is 39.9 Å². The maximum absolute atomic E-state index is 12.6. The van der Waals surface area contributed by atoms with Gasteiger partial charge in [0.15, 0.2) is 0 Å². The van der Waals surface area contributed by atoms with Gasteiger partial charge in [0.05, 0.1) is 19.2 Å². The topological polar surface area (TPSA) is 32.8 Å². The Labute approximate surface area is 143 Å². The lowest BCUT2D eigenvalue weighted by molar-refractivity contribution is -0.132. The first-order chi connectivity index (χ1) is 11.0. The zero-order valence-electron chi connectivity index (χ0n) is 13.9. The molecule has 5 heteroatoms. The lowest BCUT2D eigenvalue weighted by Gasteiger charge is -2.28. The number of carbonyl (C=O) groups excluding carboxylic acids is 1. The van der Waals surface area contributed by atoms with Gasteiger partial charge in [0.2, 0.25) is 5.91 Å². The van der Waals surface area contributed by atoms with Crippen LogP contribution in [0.4, 0.5) is 0 Å². The molecule has 2 aliphatic rings. The molecule has 0 N–H and O–H groups in total. The molecule has 126 valence electrons. The molecule has 3 rings (SSSR count). The number of amides is 1. The Morgan fingerprint density at radius 1 is 1.39 bits per heavy atom. The molecule has 1 aromatic rings. The minimum Gasteiger partial charge on any atom is -0.381 e. The predicted octanol–water partition coefficient (Wildman–Crippen LogP) is 2.97. The Morgan fingerprint density at radius 2 is 2.13 bits per heavy atom. The fourth-order valence-electron chi connectivity index (χ4n) is 3.62. The summed E-state index contributed by atoms with van der Waals surface area (Å²) in [6.07, 6.45) is 2.28. The van der Waals surface area contributed by atoms with E-state index in [2.05, 4.69) is 11.8 Å². The van der Waals surface area contributed by atoms with Crippen LogP contribution in [0, 0.1) is 5.41 Å². The number of ether oxygens (including phenoxy) is 1. The van der Waals surface area contributed by atoms with Gasteiger partial charge in [-0.1, -0.05) is 23.7 Å². The molecule has 23 heavy (non-hydrogen) atoms. The van der Waals surface area contributed by atoms with Gasteiger partial charge in [-0.15, -0.1) is 0 Å². The Bertz CT molecular complexity index is 555. The summed E-state index contributed by atoms with van der Waals surface area (Å²) < 4.78 is 5.56. The Morgan fingerprint density at radius 3 is 2.78 bits per heavy atom. The zero-order valence-corrected chi connectivity index (χ0v) is 14.7. The van der Waals surface area contributed by atoms with Crippen LogP contribution in [0.15, 0.2) is 24.3 Å². The first kappa shape index (κ1) is 16.7. The minimum absolute atomic E-state index is 0.0474. The summed E-state index contributed by atoms with van der Waals surface area (Å²) in [5.74, 6) is 0.170. The summed E-state index contributed by atoms with van der Waals surface area (Å²) in [5, 5.41) is 0.719. The molecule has 0 saturated carbocycles. The van der Waals surface area contributed by atoms with Crippen molar-refractivity contribution in [3.63, 3.8) is 0 Å². The normalized spacial score (nSPS) is 25.9. The summed E-state index contributed by atoms with van der Waals surface area (Å²) in [6, 6.07) is 7.76. The third-order valence-electron chi connectivity index (χ3n) is 5.39. The largest absolute Gasteiger partial charge is 0.381 e. The van der Waals surface area contributed by atoms with E-state index in [9.17, 15) is 4.79 Å². The summed E-state index contributed by atoms with van der Waals surface area (Å²) in [4.78, 5) is 16.7. The molecule has 0 radical (unpaired) electrons. The lowest BCUT2D eigenvalue weighted by Crippen LogP contribution is -2.39. The van der Waals surface area contributed by atoms with Gasteiger partial charge in [0, 0.05) is 30.6 Å². The van der Waals surface area contributed by atoms with E-state index < -0.39 is 0 Å². The Hall–Kier alpha value is -1.10. The van der Waals surface area contributed by atoms with Crippen LogP contribution in [0.3, 0.4) is 0 Å². The van der Waals surface area contributed by atoms with Crippen LogP contribution in [0.5, 0.6) is 0 Å². The third kappa shape index (κ3) is 3.70. The first-order valence-corrected chi connectivity index (χ1v) is 8.68. The third-order valence-corrected chi connectivity index (χ3v) is 5.64. The van der Waals surface area contributed by atoms with Crippen LogP contribution >= 0.6 is 11.6 Å². The molecule has 1 aromatic carbocycles. The van der Waals surface area contributed by atoms with Gasteiger partial charge in [0.1, 0.15) is 0 Å². The van der Waals surface area contributed by atoms with Crippen molar-refractivity contribution in [1.82, 2.24) is 9.80 Å². The van der Waals surface area contributed by atoms with Crippen molar-refractivity contribution < 1.29 is 9.53 Å². The average molecular weight is 337 g/mol. The van der Waals surface area contributed by atoms with Gasteiger partial charge in [-0.05, 0) is 44.0 Å². The van der Waals surface area contributed by atoms with E-state index in [1.807, 2.05) is 36.2 Å². The van der Waals surface area contributed by atoms with Crippen LogP contribution < -0.4 is 0 Å². The highest BCUT2D eigenvalue weighted by Crippen LogP contribution is 2.38. The molecule has 0 aromatic heterocycles.